The van der Waals surface area contributed by atoms with Crippen LogP contribution in [0.1, 0.15) is 16.1 Å². The molecule has 100 valence electrons. The van der Waals surface area contributed by atoms with Crippen molar-refractivity contribution in [1.29, 1.82) is 0 Å². The van der Waals surface area contributed by atoms with Gasteiger partial charge in [-0.05, 0) is 24.6 Å². The van der Waals surface area contributed by atoms with Gasteiger partial charge in [-0.2, -0.15) is 4.79 Å². The van der Waals surface area contributed by atoms with Crippen LogP contribution in [-0.2, 0) is 0 Å². The molecule has 3 heterocycles. The summed E-state index contributed by atoms with van der Waals surface area (Å²) < 4.78 is 0. The van der Waals surface area contributed by atoms with E-state index < -0.39 is 5.97 Å². The standard InChI is InChI=1S/C12H10N6O2/c1-7-2-3-14-9(4-7)16-18-8-5-13-6-15-10(8)11(17-18)12(19)20/h2-6H,1H3,(H,14,16)(H,19,20). The van der Waals surface area contributed by atoms with Gasteiger partial charge in [-0.1, -0.05) is 0 Å². The molecule has 0 saturated heterocycles. The molecule has 0 amide bonds. The number of carbonyl (C=O) groups is 1. The first-order valence-corrected chi connectivity index (χ1v) is 5.77. The molecule has 8 heteroatoms. The number of aromatic carboxylic acids is 1. The van der Waals surface area contributed by atoms with E-state index in [0.717, 1.165) is 5.56 Å². The number of fused-ring (bicyclic) bond motifs is 1. The molecular weight excluding hydrogens is 260 g/mol. The summed E-state index contributed by atoms with van der Waals surface area (Å²) in [6.07, 6.45) is 4.42. The van der Waals surface area contributed by atoms with Crippen LogP contribution >= 0.6 is 0 Å². The topological polar surface area (TPSA) is 106 Å². The van der Waals surface area contributed by atoms with Crippen LogP contribution in [0.25, 0.3) is 11.0 Å². The fraction of sp³-hybridized carbons (Fsp3) is 0.0833. The maximum Gasteiger partial charge on any atom is 0.358 e. The number of rotatable bonds is 3. The van der Waals surface area contributed by atoms with Gasteiger partial charge in [0.2, 0.25) is 0 Å². The van der Waals surface area contributed by atoms with E-state index in [1.165, 1.54) is 17.3 Å². The molecule has 0 aliphatic carbocycles. The third-order valence-electron chi connectivity index (χ3n) is 2.68. The molecule has 3 rings (SSSR count). The van der Waals surface area contributed by atoms with Gasteiger partial charge in [0.05, 0.1) is 6.20 Å². The number of nitrogens with one attached hydrogen (secondary N) is 1. The van der Waals surface area contributed by atoms with E-state index in [-0.39, 0.29) is 11.2 Å². The fourth-order valence-corrected chi connectivity index (χ4v) is 1.80. The Morgan fingerprint density at radius 3 is 3.00 bits per heavy atom. The third kappa shape index (κ3) is 2.03. The molecule has 0 saturated carbocycles. The summed E-state index contributed by atoms with van der Waals surface area (Å²) in [5.41, 5.74) is 4.54. The number of aryl methyl sites for hydroxylation is 1. The van der Waals surface area contributed by atoms with Crippen LogP contribution in [0.3, 0.4) is 0 Å². The number of carboxylic acid groups (broad SMARTS) is 1. The summed E-state index contributed by atoms with van der Waals surface area (Å²) in [5.74, 6) is -0.596. The highest BCUT2D eigenvalue weighted by Crippen LogP contribution is 2.15. The molecule has 3 aromatic rings. The lowest BCUT2D eigenvalue weighted by molar-refractivity contribution is 0.0691. The Morgan fingerprint density at radius 1 is 1.40 bits per heavy atom. The Kier molecular flexibility index (Phi) is 2.75. The molecule has 20 heavy (non-hydrogen) atoms. The van der Waals surface area contributed by atoms with E-state index in [0.29, 0.717) is 11.3 Å². The number of pyridine rings is 1. The molecule has 0 atom stereocenters. The minimum Gasteiger partial charge on any atom is -0.476 e. The van der Waals surface area contributed by atoms with Crippen LogP contribution in [0.5, 0.6) is 0 Å². The molecule has 0 radical (unpaired) electrons. The second kappa shape index (κ2) is 4.57. The molecule has 3 aromatic heterocycles. The van der Waals surface area contributed by atoms with E-state index in [4.69, 9.17) is 5.11 Å². The fourth-order valence-electron chi connectivity index (χ4n) is 1.80. The highest BCUT2D eigenvalue weighted by Gasteiger charge is 2.18. The van der Waals surface area contributed by atoms with E-state index in [1.54, 1.807) is 6.20 Å². The van der Waals surface area contributed by atoms with Gasteiger partial charge < -0.3 is 5.11 Å². The lowest BCUT2D eigenvalue weighted by atomic mass is 10.3. The molecule has 8 nitrogen and oxygen atoms in total. The number of aromatic nitrogens is 5. The predicted octanol–water partition coefficient (Wildman–Crippen LogP) is 1.10. The van der Waals surface area contributed by atoms with Crippen LogP contribution in [0, 0.1) is 6.92 Å². The lowest BCUT2D eigenvalue weighted by Crippen LogP contribution is -2.13. The van der Waals surface area contributed by atoms with Crippen molar-refractivity contribution in [1.82, 2.24) is 24.8 Å². The molecule has 2 N–H and O–H groups in total. The van der Waals surface area contributed by atoms with E-state index in [2.05, 4.69) is 25.5 Å². The predicted molar refractivity (Wildman–Crippen MR) is 70.3 cm³/mol. The quantitative estimate of drug-likeness (QED) is 0.734. The Hall–Kier alpha value is -3.03. The first-order chi connectivity index (χ1) is 9.65. The first kappa shape index (κ1) is 12.0. The lowest BCUT2D eigenvalue weighted by Gasteiger charge is -2.06. The summed E-state index contributed by atoms with van der Waals surface area (Å²) >= 11 is 0. The van der Waals surface area contributed by atoms with Gasteiger partial charge in [0.25, 0.3) is 0 Å². The largest absolute Gasteiger partial charge is 0.476 e. The molecule has 0 unspecified atom stereocenters. The maximum atomic E-state index is 11.2. The number of nitrogens with zero attached hydrogens (tertiary/aromatic N) is 5. The second-order valence-corrected chi connectivity index (χ2v) is 4.15. The molecule has 0 fully saturated rings. The number of carboxylic acids is 1. The summed E-state index contributed by atoms with van der Waals surface area (Å²) in [4.78, 5) is 24.4. The third-order valence-corrected chi connectivity index (χ3v) is 2.68. The number of hydrogen-bond acceptors (Lipinski definition) is 6. The zero-order chi connectivity index (χ0) is 14.1. The van der Waals surface area contributed by atoms with Gasteiger partial charge in [-0.3, -0.25) is 5.43 Å². The van der Waals surface area contributed by atoms with E-state index in [1.807, 2.05) is 19.1 Å². The van der Waals surface area contributed by atoms with Crippen LogP contribution < -0.4 is 5.43 Å². The van der Waals surface area contributed by atoms with Gasteiger partial charge in [-0.25, -0.2) is 19.7 Å². The van der Waals surface area contributed by atoms with Crippen molar-refractivity contribution >= 4 is 22.8 Å². The highest BCUT2D eigenvalue weighted by atomic mass is 16.4. The zero-order valence-corrected chi connectivity index (χ0v) is 10.5. The van der Waals surface area contributed by atoms with Gasteiger partial charge >= 0.3 is 5.97 Å². The van der Waals surface area contributed by atoms with Crippen LogP contribution in [-0.4, -0.2) is 35.9 Å². The smallest absolute Gasteiger partial charge is 0.358 e. The molecule has 0 aromatic carbocycles. The Balaban J connectivity index is 2.10. The van der Waals surface area contributed by atoms with Gasteiger partial charge in [0.15, 0.2) is 5.69 Å². The summed E-state index contributed by atoms with van der Waals surface area (Å²) in [7, 11) is 0. The average molecular weight is 270 g/mol. The summed E-state index contributed by atoms with van der Waals surface area (Å²) in [6, 6.07) is 3.68. The van der Waals surface area contributed by atoms with Crippen molar-refractivity contribution in [2.75, 3.05) is 5.43 Å². The van der Waals surface area contributed by atoms with Crippen molar-refractivity contribution in [2.24, 2.45) is 0 Å². The zero-order valence-electron chi connectivity index (χ0n) is 10.5. The van der Waals surface area contributed by atoms with Crippen LogP contribution in [0.4, 0.5) is 5.82 Å². The van der Waals surface area contributed by atoms with Crippen molar-refractivity contribution in [3.05, 3.63) is 42.1 Å². The van der Waals surface area contributed by atoms with E-state index in [9.17, 15) is 4.79 Å². The Labute approximate surface area is 113 Å². The minimum absolute atomic E-state index is 0.137. The number of anilines is 1. The molecule has 0 spiro atoms. The number of hydrogen-bond donors (Lipinski definition) is 2. The van der Waals surface area contributed by atoms with Crippen molar-refractivity contribution in [2.45, 2.75) is 6.92 Å². The Bertz CT molecular complexity index is 797. The molecule has 0 bridgehead atoms. The van der Waals surface area contributed by atoms with Crippen molar-refractivity contribution < 1.29 is 9.90 Å². The van der Waals surface area contributed by atoms with Crippen LogP contribution in [0.15, 0.2) is 30.9 Å². The molecule has 0 aliphatic heterocycles. The van der Waals surface area contributed by atoms with Crippen LogP contribution in [0.2, 0.25) is 0 Å². The van der Waals surface area contributed by atoms with Crippen molar-refractivity contribution in [3.8, 4) is 0 Å². The minimum atomic E-state index is -1.15. The van der Waals surface area contributed by atoms with Gasteiger partial charge in [-0.15, -0.1) is 5.10 Å². The molecular formula is C12H10N6O2. The summed E-state index contributed by atoms with van der Waals surface area (Å²) in [6.45, 7) is 1.93. The summed E-state index contributed by atoms with van der Waals surface area (Å²) in [5, 5.41) is 13.1. The van der Waals surface area contributed by atoms with Gasteiger partial charge in [0, 0.05) is 6.20 Å². The maximum absolute atomic E-state index is 11.2. The van der Waals surface area contributed by atoms with Gasteiger partial charge in [0.1, 0.15) is 23.2 Å². The highest BCUT2D eigenvalue weighted by molar-refractivity contribution is 5.98. The monoisotopic (exact) mass is 270 g/mol. The van der Waals surface area contributed by atoms with Crippen molar-refractivity contribution in [3.63, 3.8) is 0 Å². The first-order valence-electron chi connectivity index (χ1n) is 5.77. The molecule has 0 aliphatic rings. The van der Waals surface area contributed by atoms with E-state index >= 15 is 0 Å². The SMILES string of the molecule is Cc1ccnc(Nn2nc(C(=O)O)c3ncncc32)c1. The average Bonchev–Trinajstić information content (AvgIpc) is 2.78. The Morgan fingerprint density at radius 2 is 2.25 bits per heavy atom. The second-order valence-electron chi connectivity index (χ2n) is 4.15. The normalized spacial score (nSPS) is 10.7.